The third-order valence-electron chi connectivity index (χ3n) is 5.62. The van der Waals surface area contributed by atoms with Crippen LogP contribution in [0.3, 0.4) is 0 Å². The first-order valence-electron chi connectivity index (χ1n) is 10.1. The number of hydrogen-bond donors (Lipinski definition) is 1. The SMILES string of the molecule is Cc1ccc(C(=O)c2oc3ccccc3c2NC(=O)c2cc3c(F)cccc3n2C)cc1. The zero-order valence-corrected chi connectivity index (χ0v) is 17.5. The minimum Gasteiger partial charge on any atom is -0.450 e. The van der Waals surface area contributed by atoms with E-state index in [1.807, 2.05) is 19.1 Å². The van der Waals surface area contributed by atoms with Crippen LogP contribution in [0.5, 0.6) is 0 Å². The fraction of sp³-hybridized carbons (Fsp3) is 0.0769. The van der Waals surface area contributed by atoms with Crippen LogP contribution in [-0.2, 0) is 7.05 Å². The molecule has 0 spiro atoms. The Morgan fingerprint density at radius 1 is 0.938 bits per heavy atom. The molecule has 0 aliphatic carbocycles. The van der Waals surface area contributed by atoms with Crippen LogP contribution in [0.1, 0.15) is 32.2 Å². The van der Waals surface area contributed by atoms with Crippen molar-refractivity contribution in [3.05, 3.63) is 101 Å². The zero-order valence-electron chi connectivity index (χ0n) is 17.5. The second kappa shape index (κ2) is 7.50. The van der Waals surface area contributed by atoms with Crippen LogP contribution in [0.4, 0.5) is 10.1 Å². The Balaban J connectivity index is 1.60. The van der Waals surface area contributed by atoms with E-state index in [9.17, 15) is 14.0 Å². The molecule has 0 saturated heterocycles. The summed E-state index contributed by atoms with van der Waals surface area (Å²) in [4.78, 5) is 26.4. The number of para-hydroxylation sites is 1. The monoisotopic (exact) mass is 426 g/mol. The number of benzene rings is 3. The average molecular weight is 426 g/mol. The van der Waals surface area contributed by atoms with E-state index in [-0.39, 0.29) is 17.2 Å². The molecule has 5 aromatic rings. The fourth-order valence-electron chi connectivity index (χ4n) is 3.89. The summed E-state index contributed by atoms with van der Waals surface area (Å²) in [6.07, 6.45) is 0. The summed E-state index contributed by atoms with van der Waals surface area (Å²) in [5.74, 6) is -1.15. The molecular formula is C26H19FN2O3. The molecule has 0 atom stereocenters. The van der Waals surface area contributed by atoms with Crippen LogP contribution >= 0.6 is 0 Å². The van der Waals surface area contributed by atoms with Crippen molar-refractivity contribution in [2.75, 3.05) is 5.32 Å². The Morgan fingerprint density at radius 2 is 1.69 bits per heavy atom. The summed E-state index contributed by atoms with van der Waals surface area (Å²) < 4.78 is 21.7. The highest BCUT2D eigenvalue weighted by Crippen LogP contribution is 2.33. The molecule has 6 heteroatoms. The van der Waals surface area contributed by atoms with Gasteiger partial charge in [0.15, 0.2) is 5.76 Å². The van der Waals surface area contributed by atoms with Gasteiger partial charge in [-0.3, -0.25) is 9.59 Å². The van der Waals surface area contributed by atoms with Gasteiger partial charge in [-0.25, -0.2) is 4.39 Å². The van der Waals surface area contributed by atoms with E-state index in [2.05, 4.69) is 5.32 Å². The van der Waals surface area contributed by atoms with Gasteiger partial charge in [0.25, 0.3) is 5.91 Å². The van der Waals surface area contributed by atoms with Crippen molar-refractivity contribution >= 4 is 39.2 Å². The quantitative estimate of drug-likeness (QED) is 0.366. The molecule has 0 bridgehead atoms. The predicted octanol–water partition coefficient (Wildman–Crippen LogP) is 5.86. The predicted molar refractivity (Wildman–Crippen MR) is 122 cm³/mol. The Morgan fingerprint density at radius 3 is 2.44 bits per heavy atom. The molecule has 0 saturated carbocycles. The summed E-state index contributed by atoms with van der Waals surface area (Å²) in [6.45, 7) is 1.94. The number of rotatable bonds is 4. The maximum Gasteiger partial charge on any atom is 0.272 e. The second-order valence-electron chi connectivity index (χ2n) is 7.71. The number of amides is 1. The maximum atomic E-state index is 14.2. The molecule has 1 N–H and O–H groups in total. The molecule has 1 amide bonds. The highest BCUT2D eigenvalue weighted by atomic mass is 19.1. The number of aromatic nitrogens is 1. The number of nitrogens with one attached hydrogen (secondary N) is 1. The number of anilines is 1. The smallest absolute Gasteiger partial charge is 0.272 e. The second-order valence-corrected chi connectivity index (χ2v) is 7.71. The lowest BCUT2D eigenvalue weighted by molar-refractivity contribution is 0.101. The maximum absolute atomic E-state index is 14.2. The summed E-state index contributed by atoms with van der Waals surface area (Å²) >= 11 is 0. The fourth-order valence-corrected chi connectivity index (χ4v) is 3.89. The highest BCUT2D eigenvalue weighted by Gasteiger charge is 2.25. The first-order valence-corrected chi connectivity index (χ1v) is 10.1. The van der Waals surface area contributed by atoms with Gasteiger partial charge in [0.1, 0.15) is 17.1 Å². The van der Waals surface area contributed by atoms with Crippen molar-refractivity contribution in [2.45, 2.75) is 6.92 Å². The molecule has 0 radical (unpaired) electrons. The molecule has 2 aromatic heterocycles. The van der Waals surface area contributed by atoms with Crippen molar-refractivity contribution in [3.8, 4) is 0 Å². The number of fused-ring (bicyclic) bond motifs is 2. The first kappa shape index (κ1) is 19.8. The van der Waals surface area contributed by atoms with Gasteiger partial charge in [-0.2, -0.15) is 0 Å². The number of aryl methyl sites for hydroxylation is 2. The van der Waals surface area contributed by atoms with Gasteiger partial charge in [-0.15, -0.1) is 0 Å². The van der Waals surface area contributed by atoms with E-state index in [1.54, 1.807) is 60.1 Å². The Bertz CT molecular complexity index is 1510. The molecule has 5 nitrogen and oxygen atoms in total. The van der Waals surface area contributed by atoms with Crippen LogP contribution in [0, 0.1) is 12.7 Å². The van der Waals surface area contributed by atoms with Crippen molar-refractivity contribution in [1.82, 2.24) is 4.57 Å². The number of halogens is 1. The van der Waals surface area contributed by atoms with Gasteiger partial charge < -0.3 is 14.3 Å². The topological polar surface area (TPSA) is 64.2 Å². The first-order chi connectivity index (χ1) is 15.4. The third-order valence-corrected chi connectivity index (χ3v) is 5.62. The molecule has 0 unspecified atom stereocenters. The number of furan rings is 1. The van der Waals surface area contributed by atoms with E-state index < -0.39 is 11.7 Å². The van der Waals surface area contributed by atoms with Crippen molar-refractivity contribution in [2.24, 2.45) is 7.05 Å². The molecular weight excluding hydrogens is 407 g/mol. The minimum atomic E-state index is -0.465. The van der Waals surface area contributed by atoms with Gasteiger partial charge in [0.05, 0.1) is 11.2 Å². The van der Waals surface area contributed by atoms with Crippen molar-refractivity contribution < 1.29 is 18.4 Å². The molecule has 0 aliphatic heterocycles. The molecule has 0 fully saturated rings. The third kappa shape index (κ3) is 3.17. The number of ketones is 1. The van der Waals surface area contributed by atoms with Gasteiger partial charge >= 0.3 is 0 Å². The van der Waals surface area contributed by atoms with Crippen LogP contribution in [-0.4, -0.2) is 16.3 Å². The normalized spacial score (nSPS) is 11.2. The molecule has 3 aromatic carbocycles. The number of carbonyl (C=O) groups is 2. The van der Waals surface area contributed by atoms with Crippen LogP contribution in [0.2, 0.25) is 0 Å². The van der Waals surface area contributed by atoms with Crippen LogP contribution < -0.4 is 5.32 Å². The molecule has 2 heterocycles. The lowest BCUT2D eigenvalue weighted by Crippen LogP contribution is -2.17. The number of carbonyl (C=O) groups excluding carboxylic acids is 2. The Kier molecular flexibility index (Phi) is 4.63. The summed E-state index contributed by atoms with van der Waals surface area (Å²) in [7, 11) is 1.70. The summed E-state index contributed by atoms with van der Waals surface area (Å²) in [5, 5.41) is 3.80. The van der Waals surface area contributed by atoms with Gasteiger partial charge in [-0.05, 0) is 37.3 Å². The van der Waals surface area contributed by atoms with Gasteiger partial charge in [0.2, 0.25) is 5.78 Å². The molecule has 0 aliphatic rings. The van der Waals surface area contributed by atoms with Crippen molar-refractivity contribution in [3.63, 3.8) is 0 Å². The number of hydrogen-bond acceptors (Lipinski definition) is 3. The van der Waals surface area contributed by atoms with E-state index in [4.69, 9.17) is 4.42 Å². The van der Waals surface area contributed by atoms with Crippen LogP contribution in [0.15, 0.2) is 77.2 Å². The molecule has 32 heavy (non-hydrogen) atoms. The molecule has 5 rings (SSSR count). The lowest BCUT2D eigenvalue weighted by atomic mass is 10.1. The summed E-state index contributed by atoms with van der Waals surface area (Å²) in [5.41, 5.74) is 3.13. The van der Waals surface area contributed by atoms with E-state index in [0.29, 0.717) is 33.1 Å². The largest absolute Gasteiger partial charge is 0.450 e. The lowest BCUT2D eigenvalue weighted by Gasteiger charge is -2.07. The Hall–Kier alpha value is -4.19. The van der Waals surface area contributed by atoms with Crippen LogP contribution in [0.25, 0.3) is 21.9 Å². The highest BCUT2D eigenvalue weighted by molar-refractivity contribution is 6.19. The minimum absolute atomic E-state index is 0.0494. The molecule has 158 valence electrons. The van der Waals surface area contributed by atoms with E-state index in [0.717, 1.165) is 5.56 Å². The van der Waals surface area contributed by atoms with E-state index in [1.165, 1.54) is 12.1 Å². The number of nitrogens with zero attached hydrogens (tertiary/aromatic N) is 1. The van der Waals surface area contributed by atoms with E-state index >= 15 is 0 Å². The zero-order chi connectivity index (χ0) is 22.4. The van der Waals surface area contributed by atoms with Gasteiger partial charge in [0, 0.05) is 23.4 Å². The standard InChI is InChI=1S/C26H19FN2O3/c1-15-10-12-16(13-11-15)24(30)25-23(17-6-3-4-9-22(17)32-25)28-26(31)21-14-18-19(27)7-5-8-20(18)29(21)2/h3-14H,1-2H3,(H,28,31). The summed E-state index contributed by atoms with van der Waals surface area (Å²) in [6, 6.07) is 20.5. The average Bonchev–Trinajstić information content (AvgIpc) is 3.33. The Labute approximate surface area is 183 Å². The van der Waals surface area contributed by atoms with Crippen molar-refractivity contribution in [1.29, 1.82) is 0 Å². The van der Waals surface area contributed by atoms with Gasteiger partial charge in [-0.1, -0.05) is 48.0 Å².